The fourth-order valence-corrected chi connectivity index (χ4v) is 1.32. The Labute approximate surface area is 95.2 Å². The molecule has 0 spiro atoms. The number of hydrogen-bond acceptors (Lipinski definition) is 2. The quantitative estimate of drug-likeness (QED) is 0.898. The summed E-state index contributed by atoms with van der Waals surface area (Å²) in [4.78, 5) is 0. The Morgan fingerprint density at radius 1 is 1.12 bits per heavy atom. The summed E-state index contributed by atoms with van der Waals surface area (Å²) in [6.45, 7) is -1.28. The summed E-state index contributed by atoms with van der Waals surface area (Å²) in [5, 5.41) is 6.44. The van der Waals surface area contributed by atoms with Crippen LogP contribution in [0.1, 0.15) is 0 Å². The summed E-state index contributed by atoms with van der Waals surface area (Å²) in [6.07, 6.45) is -0.986. The maximum Gasteiger partial charge on any atom is 0.422 e. The fourth-order valence-electron chi connectivity index (χ4n) is 1.32. The summed E-state index contributed by atoms with van der Waals surface area (Å²) >= 11 is 0. The summed E-state index contributed by atoms with van der Waals surface area (Å²) in [5.41, 5.74) is 1.73. The van der Waals surface area contributed by atoms with E-state index in [4.69, 9.17) is 0 Å². The van der Waals surface area contributed by atoms with Crippen molar-refractivity contribution >= 4 is 0 Å². The average molecular weight is 242 g/mol. The second-order valence-corrected chi connectivity index (χ2v) is 3.42. The lowest BCUT2D eigenvalue weighted by Crippen LogP contribution is -2.19. The van der Waals surface area contributed by atoms with Crippen LogP contribution in [0, 0.1) is 0 Å². The summed E-state index contributed by atoms with van der Waals surface area (Å²) in [5.74, 6) is 0.189. The van der Waals surface area contributed by atoms with Gasteiger partial charge in [0.15, 0.2) is 6.61 Å². The Kier molecular flexibility index (Phi) is 3.03. The van der Waals surface area contributed by atoms with Crippen molar-refractivity contribution in [1.29, 1.82) is 0 Å². The SMILES string of the molecule is FC(F)(F)COc1ccc(-c2cn[nH]c2)cc1. The van der Waals surface area contributed by atoms with E-state index in [9.17, 15) is 13.2 Å². The third-order valence-corrected chi connectivity index (χ3v) is 2.09. The highest BCUT2D eigenvalue weighted by Crippen LogP contribution is 2.23. The van der Waals surface area contributed by atoms with Crippen LogP contribution in [0.4, 0.5) is 13.2 Å². The molecule has 0 saturated heterocycles. The molecule has 0 bridgehead atoms. The van der Waals surface area contributed by atoms with Gasteiger partial charge in [-0.3, -0.25) is 5.10 Å². The van der Waals surface area contributed by atoms with Crippen LogP contribution in [0.25, 0.3) is 11.1 Å². The maximum absolute atomic E-state index is 11.9. The number of aromatic amines is 1. The lowest BCUT2D eigenvalue weighted by Gasteiger charge is -2.09. The molecule has 0 aliphatic carbocycles. The first-order valence-electron chi connectivity index (χ1n) is 4.83. The van der Waals surface area contributed by atoms with Crippen LogP contribution in [-0.2, 0) is 0 Å². The minimum absolute atomic E-state index is 0.189. The van der Waals surface area contributed by atoms with Crippen molar-refractivity contribution in [3.8, 4) is 16.9 Å². The number of hydrogen-bond donors (Lipinski definition) is 1. The van der Waals surface area contributed by atoms with Crippen molar-refractivity contribution in [2.75, 3.05) is 6.61 Å². The molecule has 0 aliphatic rings. The summed E-state index contributed by atoms with van der Waals surface area (Å²) < 4.78 is 40.3. The van der Waals surface area contributed by atoms with E-state index in [1.807, 2.05) is 0 Å². The van der Waals surface area contributed by atoms with Gasteiger partial charge < -0.3 is 4.74 Å². The van der Waals surface area contributed by atoms with Gasteiger partial charge in [-0.2, -0.15) is 18.3 Å². The number of halogens is 3. The molecule has 3 nitrogen and oxygen atoms in total. The lowest BCUT2D eigenvalue weighted by molar-refractivity contribution is -0.153. The van der Waals surface area contributed by atoms with Crippen molar-refractivity contribution in [2.45, 2.75) is 6.18 Å². The number of aromatic nitrogens is 2. The van der Waals surface area contributed by atoms with Gasteiger partial charge in [0.05, 0.1) is 6.20 Å². The molecule has 0 unspecified atom stereocenters. The van der Waals surface area contributed by atoms with Crippen molar-refractivity contribution in [3.63, 3.8) is 0 Å². The standard InChI is InChI=1S/C11H9F3N2O/c12-11(13,14)7-17-10-3-1-8(2-4-10)9-5-15-16-6-9/h1-6H,7H2,(H,15,16). The maximum atomic E-state index is 11.9. The third-order valence-electron chi connectivity index (χ3n) is 2.09. The minimum Gasteiger partial charge on any atom is -0.484 e. The molecule has 2 rings (SSSR count). The monoisotopic (exact) mass is 242 g/mol. The predicted molar refractivity (Wildman–Crippen MR) is 55.6 cm³/mol. The Balaban J connectivity index is 2.04. The number of alkyl halides is 3. The van der Waals surface area contributed by atoms with E-state index in [0.717, 1.165) is 11.1 Å². The molecule has 0 aliphatic heterocycles. The largest absolute Gasteiger partial charge is 0.484 e. The molecule has 1 N–H and O–H groups in total. The molecule has 0 saturated carbocycles. The van der Waals surface area contributed by atoms with Gasteiger partial charge in [0.25, 0.3) is 0 Å². The molecule has 0 atom stereocenters. The Morgan fingerprint density at radius 3 is 2.35 bits per heavy atom. The fraction of sp³-hybridized carbons (Fsp3) is 0.182. The number of nitrogens with one attached hydrogen (secondary N) is 1. The average Bonchev–Trinajstić information content (AvgIpc) is 2.79. The first-order valence-corrected chi connectivity index (χ1v) is 4.83. The van der Waals surface area contributed by atoms with E-state index in [1.165, 1.54) is 12.1 Å². The van der Waals surface area contributed by atoms with E-state index in [2.05, 4.69) is 14.9 Å². The first-order chi connectivity index (χ1) is 8.04. The molecule has 6 heteroatoms. The van der Waals surface area contributed by atoms with Crippen LogP contribution in [0.5, 0.6) is 5.75 Å². The number of ether oxygens (including phenoxy) is 1. The van der Waals surface area contributed by atoms with Gasteiger partial charge >= 0.3 is 6.18 Å². The van der Waals surface area contributed by atoms with Crippen LogP contribution in [-0.4, -0.2) is 23.0 Å². The number of rotatable bonds is 3. The van der Waals surface area contributed by atoms with Gasteiger partial charge in [-0.25, -0.2) is 0 Å². The van der Waals surface area contributed by atoms with Crippen molar-refractivity contribution < 1.29 is 17.9 Å². The first kappa shape index (κ1) is 11.5. The molecule has 0 amide bonds. The molecule has 2 aromatic rings. The number of benzene rings is 1. The van der Waals surface area contributed by atoms with Gasteiger partial charge in [-0.05, 0) is 17.7 Å². The molecular formula is C11H9F3N2O. The van der Waals surface area contributed by atoms with Crippen LogP contribution >= 0.6 is 0 Å². The second kappa shape index (κ2) is 4.48. The topological polar surface area (TPSA) is 37.9 Å². The zero-order valence-electron chi connectivity index (χ0n) is 8.66. The van der Waals surface area contributed by atoms with Crippen molar-refractivity contribution in [1.82, 2.24) is 10.2 Å². The summed E-state index contributed by atoms with van der Waals surface area (Å²) in [6, 6.07) is 6.34. The van der Waals surface area contributed by atoms with E-state index >= 15 is 0 Å². The molecule has 1 heterocycles. The minimum atomic E-state index is -4.32. The van der Waals surface area contributed by atoms with Gasteiger partial charge in [-0.1, -0.05) is 12.1 Å². The van der Waals surface area contributed by atoms with E-state index in [0.29, 0.717) is 0 Å². The molecule has 1 aromatic heterocycles. The molecule has 17 heavy (non-hydrogen) atoms. The zero-order valence-corrected chi connectivity index (χ0v) is 8.66. The highest BCUT2D eigenvalue weighted by Gasteiger charge is 2.28. The highest BCUT2D eigenvalue weighted by molar-refractivity contribution is 5.62. The van der Waals surface area contributed by atoms with Crippen LogP contribution in [0.3, 0.4) is 0 Å². The lowest BCUT2D eigenvalue weighted by atomic mass is 10.1. The number of H-pyrrole nitrogens is 1. The molecule has 90 valence electrons. The van der Waals surface area contributed by atoms with Crippen LogP contribution in [0.15, 0.2) is 36.7 Å². The molecule has 1 aromatic carbocycles. The second-order valence-electron chi connectivity index (χ2n) is 3.42. The molecular weight excluding hydrogens is 233 g/mol. The van der Waals surface area contributed by atoms with Gasteiger partial charge in [0, 0.05) is 11.8 Å². The predicted octanol–water partition coefficient (Wildman–Crippen LogP) is 3.02. The zero-order chi connectivity index (χ0) is 12.3. The smallest absolute Gasteiger partial charge is 0.422 e. The Bertz CT molecular complexity index is 462. The van der Waals surface area contributed by atoms with Crippen molar-refractivity contribution in [2.24, 2.45) is 0 Å². The normalized spacial score (nSPS) is 11.5. The Morgan fingerprint density at radius 2 is 1.82 bits per heavy atom. The van der Waals surface area contributed by atoms with E-state index in [-0.39, 0.29) is 5.75 Å². The summed E-state index contributed by atoms with van der Waals surface area (Å²) in [7, 11) is 0. The third kappa shape index (κ3) is 3.24. The van der Waals surface area contributed by atoms with E-state index < -0.39 is 12.8 Å². The highest BCUT2D eigenvalue weighted by atomic mass is 19.4. The van der Waals surface area contributed by atoms with E-state index in [1.54, 1.807) is 24.5 Å². The Hall–Kier alpha value is -1.98. The number of nitrogens with zero attached hydrogens (tertiary/aromatic N) is 1. The van der Waals surface area contributed by atoms with Crippen molar-refractivity contribution in [3.05, 3.63) is 36.7 Å². The molecule has 0 radical (unpaired) electrons. The van der Waals surface area contributed by atoms with Crippen LogP contribution in [0.2, 0.25) is 0 Å². The van der Waals surface area contributed by atoms with Gasteiger partial charge in [0.1, 0.15) is 5.75 Å². The van der Waals surface area contributed by atoms with Gasteiger partial charge in [0.2, 0.25) is 0 Å². The van der Waals surface area contributed by atoms with Gasteiger partial charge in [-0.15, -0.1) is 0 Å². The van der Waals surface area contributed by atoms with Crippen LogP contribution < -0.4 is 4.74 Å². The molecule has 0 fully saturated rings.